The monoisotopic (exact) mass is 895 g/mol. The van der Waals surface area contributed by atoms with E-state index in [1.165, 1.54) is 26.0 Å². The van der Waals surface area contributed by atoms with E-state index in [9.17, 15) is 39.0 Å². The molecule has 3 aromatic carbocycles. The number of carbonyl (C=O) groups is 7. The predicted molar refractivity (Wildman–Crippen MR) is 227 cm³/mol. The molecule has 344 valence electrons. The van der Waals surface area contributed by atoms with E-state index in [4.69, 9.17) is 28.4 Å². The van der Waals surface area contributed by atoms with E-state index >= 15 is 4.79 Å². The molecule has 3 N–H and O–H groups in total. The lowest BCUT2D eigenvalue weighted by molar-refractivity contribution is -0.346. The van der Waals surface area contributed by atoms with E-state index in [1.807, 2.05) is 0 Å². The van der Waals surface area contributed by atoms with Crippen molar-refractivity contribution >= 4 is 41.5 Å². The van der Waals surface area contributed by atoms with E-state index in [2.05, 4.69) is 5.32 Å². The van der Waals surface area contributed by atoms with Gasteiger partial charge in [-0.3, -0.25) is 24.0 Å². The summed E-state index contributed by atoms with van der Waals surface area (Å²) in [7, 11) is 0. The number of aliphatic hydroxyl groups is 2. The average molecular weight is 896 g/mol. The third kappa shape index (κ3) is 8.12. The number of hydrogen-bond donors (Lipinski definition) is 3. The van der Waals surface area contributed by atoms with E-state index in [-0.39, 0.29) is 35.3 Å². The lowest BCUT2D eigenvalue weighted by Crippen LogP contribution is -2.82. The standard InChI is InChI=1S/C49H53NO15/c1-26-33(63-45(58)39(62-28(3)52)37(30-17-11-8-12-18-30)50-43(56)31-19-13-9-14-20-31)24-49(59)42(64-44(57)32-21-15-10-16-22-32)40-47(7,34(54)23-35-48(40,25-60-35)65-29(4)53)41(55)38(61-27(2)51)36(26)46(49,5)6/h8-22,33-35,37-40,42,54,59H,23-25H2,1-7H3,(H,50,56)/t33-,34?,35?,37-,38?,39+,40-,42-,47?,48-,49?/m0/s1. The maximum Gasteiger partial charge on any atom is 0.350 e. The van der Waals surface area contributed by atoms with Crippen LogP contribution < -0.4 is 5.32 Å². The van der Waals surface area contributed by atoms with Crippen LogP contribution in [0.1, 0.15) is 93.6 Å². The van der Waals surface area contributed by atoms with Crippen LogP contribution in [-0.2, 0) is 52.4 Å². The van der Waals surface area contributed by atoms with Gasteiger partial charge in [0.15, 0.2) is 17.5 Å². The smallest absolute Gasteiger partial charge is 0.350 e. The second-order valence-corrected chi connectivity index (χ2v) is 17.9. The lowest BCUT2D eigenvalue weighted by atomic mass is 9.44. The molecule has 16 nitrogen and oxygen atoms in total. The fraction of sp³-hybridized carbons (Fsp3) is 0.449. The lowest BCUT2D eigenvalue weighted by Gasteiger charge is -2.67. The predicted octanol–water partition coefficient (Wildman–Crippen LogP) is 4.31. The summed E-state index contributed by atoms with van der Waals surface area (Å²) in [5.41, 5.74) is -7.20. The Hall–Kier alpha value is -6.23. The van der Waals surface area contributed by atoms with Gasteiger partial charge in [-0.05, 0) is 54.8 Å². The van der Waals surface area contributed by atoms with Gasteiger partial charge >= 0.3 is 29.8 Å². The van der Waals surface area contributed by atoms with Crippen molar-refractivity contribution in [3.63, 3.8) is 0 Å². The Morgan fingerprint density at radius 2 is 1.37 bits per heavy atom. The first kappa shape index (κ1) is 46.8. The molecule has 1 aliphatic heterocycles. The van der Waals surface area contributed by atoms with Gasteiger partial charge in [-0.15, -0.1) is 0 Å². The summed E-state index contributed by atoms with van der Waals surface area (Å²) in [6.45, 7) is 8.99. The topological polar surface area (TPSA) is 227 Å². The third-order valence-electron chi connectivity index (χ3n) is 13.8. The second kappa shape index (κ2) is 17.6. The van der Waals surface area contributed by atoms with E-state index in [0.29, 0.717) is 5.56 Å². The Balaban J connectivity index is 1.42. The van der Waals surface area contributed by atoms with Crippen LogP contribution in [-0.4, -0.2) is 106 Å². The molecule has 3 aliphatic carbocycles. The van der Waals surface area contributed by atoms with Crippen molar-refractivity contribution < 1.29 is 72.2 Å². The molecule has 3 fully saturated rings. The van der Waals surface area contributed by atoms with E-state index in [1.54, 1.807) is 92.7 Å². The number of fused-ring (bicyclic) bond motifs is 5. The molecular weight excluding hydrogens is 843 g/mol. The van der Waals surface area contributed by atoms with Gasteiger partial charge in [0.1, 0.15) is 30.0 Å². The number of benzene rings is 3. The first-order valence-electron chi connectivity index (χ1n) is 21.4. The minimum absolute atomic E-state index is 0.0218. The second-order valence-electron chi connectivity index (χ2n) is 17.9. The first-order chi connectivity index (χ1) is 30.7. The minimum Gasteiger partial charge on any atom is -0.455 e. The number of ketones is 1. The highest BCUT2D eigenvalue weighted by molar-refractivity contribution is 5.96. The molecule has 2 bridgehead atoms. The number of carbonyl (C=O) groups excluding carboxylic acids is 7. The summed E-state index contributed by atoms with van der Waals surface area (Å²) in [5.74, 6) is -7.79. The van der Waals surface area contributed by atoms with Crippen LogP contribution in [0.2, 0.25) is 0 Å². The van der Waals surface area contributed by atoms with Crippen molar-refractivity contribution in [1.29, 1.82) is 0 Å². The fourth-order valence-corrected chi connectivity index (χ4v) is 10.5. The summed E-state index contributed by atoms with van der Waals surface area (Å²) in [5, 5.41) is 28.7. The molecule has 0 spiro atoms. The molecule has 1 heterocycles. The Bertz CT molecular complexity index is 2400. The highest BCUT2D eigenvalue weighted by Gasteiger charge is 2.78. The summed E-state index contributed by atoms with van der Waals surface area (Å²) in [6.07, 6.45) is -10.5. The van der Waals surface area contributed by atoms with Crippen LogP contribution in [0.15, 0.2) is 102 Å². The number of esters is 5. The highest BCUT2D eigenvalue weighted by Crippen LogP contribution is 2.64. The van der Waals surface area contributed by atoms with Crippen LogP contribution in [0.5, 0.6) is 0 Å². The van der Waals surface area contributed by atoms with Gasteiger partial charge in [-0.2, -0.15) is 0 Å². The van der Waals surface area contributed by atoms with Gasteiger partial charge in [-0.25, -0.2) is 9.59 Å². The number of ether oxygens (including phenoxy) is 6. The van der Waals surface area contributed by atoms with Gasteiger partial charge < -0.3 is 44.0 Å². The Labute approximate surface area is 375 Å². The SMILES string of the molecule is CC(=O)OC1C(=O)C2(C)C(O)CC3OC[C@@]3(OC(C)=O)[C@H]2[C@H](OC(=O)c2ccccc2)C2(O)C[C@H](OC(=O)[C@H](OC(C)=O)[C@@H](NC(=O)c3ccccc3)c3ccccc3)C(C)=C1C2(C)C. The first-order valence-corrected chi connectivity index (χ1v) is 21.4. The molecule has 3 aromatic rings. The Morgan fingerprint density at radius 1 is 0.785 bits per heavy atom. The zero-order valence-electron chi connectivity index (χ0n) is 37.1. The normalized spacial score (nSPS) is 30.8. The van der Waals surface area contributed by atoms with Crippen LogP contribution in [0.4, 0.5) is 0 Å². The average Bonchev–Trinajstić information content (AvgIpc) is 3.26. The summed E-state index contributed by atoms with van der Waals surface area (Å²) in [6, 6.07) is 22.9. The molecule has 16 heteroatoms. The third-order valence-corrected chi connectivity index (χ3v) is 13.8. The molecule has 7 rings (SSSR count). The molecular formula is C49H53NO15. The van der Waals surface area contributed by atoms with Crippen molar-refractivity contribution in [3.8, 4) is 0 Å². The van der Waals surface area contributed by atoms with Crippen LogP contribution >= 0.6 is 0 Å². The van der Waals surface area contributed by atoms with Crippen molar-refractivity contribution in [3.05, 3.63) is 119 Å². The number of amides is 1. The highest BCUT2D eigenvalue weighted by atomic mass is 16.6. The van der Waals surface area contributed by atoms with Crippen molar-refractivity contribution in [2.75, 3.05) is 6.61 Å². The number of rotatable bonds is 11. The minimum atomic E-state index is -2.43. The molecule has 2 saturated carbocycles. The van der Waals surface area contributed by atoms with Gasteiger partial charge in [-0.1, -0.05) is 80.6 Å². The quantitative estimate of drug-likeness (QED) is 0.139. The number of hydrogen-bond acceptors (Lipinski definition) is 15. The van der Waals surface area contributed by atoms with Crippen LogP contribution in [0.25, 0.3) is 0 Å². The van der Waals surface area contributed by atoms with Gasteiger partial charge in [0.2, 0.25) is 6.10 Å². The fourth-order valence-electron chi connectivity index (χ4n) is 10.5. The summed E-state index contributed by atoms with van der Waals surface area (Å²) in [4.78, 5) is 97.4. The van der Waals surface area contributed by atoms with Crippen molar-refractivity contribution in [1.82, 2.24) is 5.32 Å². The Kier molecular flexibility index (Phi) is 12.7. The largest absolute Gasteiger partial charge is 0.455 e. The van der Waals surface area contributed by atoms with Gasteiger partial charge in [0, 0.05) is 44.6 Å². The van der Waals surface area contributed by atoms with Crippen molar-refractivity contribution in [2.45, 2.75) is 115 Å². The number of Topliss-reactive ketones (excluding diaryl/α,β-unsaturated/α-hetero) is 1. The summed E-state index contributed by atoms with van der Waals surface area (Å²) < 4.78 is 36.2. The van der Waals surface area contributed by atoms with Gasteiger partial charge in [0.25, 0.3) is 5.91 Å². The molecule has 5 unspecified atom stereocenters. The van der Waals surface area contributed by atoms with Crippen LogP contribution in [0, 0.1) is 16.7 Å². The van der Waals surface area contributed by atoms with E-state index in [0.717, 1.165) is 20.8 Å². The Morgan fingerprint density at radius 3 is 1.91 bits per heavy atom. The zero-order valence-corrected chi connectivity index (χ0v) is 37.1. The zero-order chi connectivity index (χ0) is 47.2. The summed E-state index contributed by atoms with van der Waals surface area (Å²) >= 11 is 0. The maximum absolute atomic E-state index is 15.6. The number of aliphatic hydroxyl groups excluding tert-OH is 1. The maximum atomic E-state index is 15.6. The van der Waals surface area contributed by atoms with Crippen molar-refractivity contribution in [2.24, 2.45) is 16.7 Å². The van der Waals surface area contributed by atoms with E-state index < -0.39 is 119 Å². The van der Waals surface area contributed by atoms with Gasteiger partial charge in [0.05, 0.1) is 29.6 Å². The molecule has 0 aromatic heterocycles. The molecule has 65 heavy (non-hydrogen) atoms. The molecule has 11 atom stereocenters. The van der Waals surface area contributed by atoms with Crippen LogP contribution in [0.3, 0.4) is 0 Å². The number of nitrogens with one attached hydrogen (secondary N) is 1. The molecule has 0 radical (unpaired) electrons. The molecule has 4 aliphatic rings. The molecule has 1 saturated heterocycles. The molecule has 1 amide bonds.